The molecule has 0 bridgehead atoms. The minimum Gasteiger partial charge on any atom is -0.389 e. The Morgan fingerprint density at radius 2 is 1.72 bits per heavy atom. The molecule has 0 unspecified atom stereocenters. The number of fused-ring (bicyclic) bond motifs is 1. The van der Waals surface area contributed by atoms with Crippen LogP contribution in [0.3, 0.4) is 0 Å². The number of hydrogen-bond acceptors (Lipinski definition) is 3. The first-order valence-corrected chi connectivity index (χ1v) is 11.2. The van der Waals surface area contributed by atoms with Gasteiger partial charge in [0, 0.05) is 19.6 Å². The molecule has 168 valence electrons. The van der Waals surface area contributed by atoms with Crippen molar-refractivity contribution in [3.63, 3.8) is 0 Å². The Bertz CT molecular complexity index is 1080. The second-order valence-corrected chi connectivity index (χ2v) is 8.72. The van der Waals surface area contributed by atoms with Crippen molar-refractivity contribution in [3.05, 3.63) is 93.5 Å². The van der Waals surface area contributed by atoms with Gasteiger partial charge in [0.1, 0.15) is 13.3 Å². The molecule has 3 nitrogen and oxygen atoms in total. The molecule has 0 aliphatic carbocycles. The molecule has 2 atom stereocenters. The summed E-state index contributed by atoms with van der Waals surface area (Å²) in [5.41, 5.74) is 4.20. The largest absolute Gasteiger partial charge is 0.389 e. The summed E-state index contributed by atoms with van der Waals surface area (Å²) in [6.07, 6.45) is -1.12. The third kappa shape index (κ3) is 4.70. The zero-order chi connectivity index (χ0) is 22.7. The van der Waals surface area contributed by atoms with E-state index in [9.17, 15) is 13.9 Å². The van der Waals surface area contributed by atoms with Crippen molar-refractivity contribution < 1.29 is 13.9 Å². The molecule has 0 saturated heterocycles. The smallest absolute Gasteiger partial charge is 0.117 e. The zero-order valence-electron chi connectivity index (χ0n) is 17.4. The number of nitrogens with zero attached hydrogens (tertiary/aromatic N) is 2. The Kier molecular flexibility index (Phi) is 7.19. The average molecular weight is 477 g/mol. The lowest BCUT2D eigenvalue weighted by atomic mass is 9.97. The molecule has 0 amide bonds. The van der Waals surface area contributed by atoms with Crippen molar-refractivity contribution in [2.75, 3.05) is 29.6 Å². The molecular weight excluding hydrogens is 453 g/mol. The van der Waals surface area contributed by atoms with Crippen LogP contribution in [0, 0.1) is 0 Å². The molecule has 0 fully saturated rings. The fraction of sp³-hybridized carbons (Fsp3) is 0.280. The molecule has 0 aromatic heterocycles. The molecule has 3 aromatic rings. The van der Waals surface area contributed by atoms with Gasteiger partial charge < -0.3 is 14.9 Å². The lowest BCUT2D eigenvalue weighted by Crippen LogP contribution is -2.46. The normalized spacial score (nSPS) is 16.7. The number of β-amino-alcohol motifs (C(OH)–C–C–N with tert-alkyl or cyclic N) is 1. The number of aliphatic hydroxyl groups is 1. The third-order valence-corrected chi connectivity index (χ3v) is 6.63. The van der Waals surface area contributed by atoms with Crippen molar-refractivity contribution in [1.29, 1.82) is 0 Å². The van der Waals surface area contributed by atoms with Crippen LogP contribution in [0.2, 0.25) is 10.0 Å². The predicted octanol–water partition coefficient (Wildman–Crippen LogP) is 6.36. The molecule has 32 heavy (non-hydrogen) atoms. The summed E-state index contributed by atoms with van der Waals surface area (Å²) in [7, 11) is 0. The first-order chi connectivity index (χ1) is 15.5. The van der Waals surface area contributed by atoms with Crippen LogP contribution in [0.5, 0.6) is 0 Å². The maximum atomic E-state index is 13.4. The lowest BCUT2D eigenvalue weighted by molar-refractivity contribution is 0.142. The average Bonchev–Trinajstić information content (AvgIpc) is 2.83. The number of benzene rings is 3. The van der Waals surface area contributed by atoms with Crippen LogP contribution in [0.1, 0.15) is 22.7 Å². The van der Waals surface area contributed by atoms with Gasteiger partial charge in [0.05, 0.1) is 33.6 Å². The predicted molar refractivity (Wildman–Crippen MR) is 127 cm³/mol. The fourth-order valence-corrected chi connectivity index (χ4v) is 4.62. The number of rotatable bonds is 7. The molecule has 1 aliphatic heterocycles. The van der Waals surface area contributed by atoms with Gasteiger partial charge >= 0.3 is 0 Å². The van der Waals surface area contributed by atoms with Gasteiger partial charge in [0.2, 0.25) is 0 Å². The molecule has 1 aliphatic rings. The van der Waals surface area contributed by atoms with Crippen LogP contribution in [-0.4, -0.2) is 31.0 Å². The summed E-state index contributed by atoms with van der Waals surface area (Å²) in [5, 5.41) is 11.2. The molecule has 4 rings (SSSR count). The highest BCUT2D eigenvalue weighted by molar-refractivity contribution is 6.42. The van der Waals surface area contributed by atoms with Gasteiger partial charge in [0.25, 0.3) is 0 Å². The van der Waals surface area contributed by atoms with E-state index < -0.39 is 19.5 Å². The number of aliphatic hydroxyl groups excluding tert-OH is 1. The summed E-state index contributed by atoms with van der Waals surface area (Å²) in [6.45, 7) is -0.197. The van der Waals surface area contributed by atoms with Crippen molar-refractivity contribution in [1.82, 2.24) is 0 Å². The second-order valence-electron chi connectivity index (χ2n) is 7.94. The summed E-state index contributed by atoms with van der Waals surface area (Å²) in [6, 6.07) is 20.5. The van der Waals surface area contributed by atoms with Crippen LogP contribution in [0.25, 0.3) is 0 Å². The summed E-state index contributed by atoms with van der Waals surface area (Å²) in [5.74, 6) is 0. The van der Waals surface area contributed by atoms with E-state index in [1.54, 1.807) is 12.1 Å². The highest BCUT2D eigenvalue weighted by Gasteiger charge is 2.33. The molecule has 0 radical (unpaired) electrons. The maximum absolute atomic E-state index is 13.4. The van der Waals surface area contributed by atoms with Gasteiger partial charge in [-0.25, -0.2) is 8.78 Å². The van der Waals surface area contributed by atoms with E-state index in [1.165, 1.54) is 0 Å². The van der Waals surface area contributed by atoms with E-state index in [4.69, 9.17) is 23.2 Å². The van der Waals surface area contributed by atoms with Gasteiger partial charge in [-0.1, -0.05) is 71.7 Å². The number of hydrogen-bond donors (Lipinski definition) is 1. The van der Waals surface area contributed by atoms with E-state index in [2.05, 4.69) is 4.90 Å². The van der Waals surface area contributed by atoms with Gasteiger partial charge in [0.15, 0.2) is 0 Å². The second kappa shape index (κ2) is 10.1. The molecule has 1 N–H and O–H groups in total. The lowest BCUT2D eigenvalue weighted by Gasteiger charge is -2.45. The van der Waals surface area contributed by atoms with Crippen LogP contribution < -0.4 is 9.80 Å². The van der Waals surface area contributed by atoms with Crippen LogP contribution in [0.15, 0.2) is 66.7 Å². The maximum Gasteiger partial charge on any atom is 0.117 e. The van der Waals surface area contributed by atoms with Crippen molar-refractivity contribution in [2.45, 2.75) is 25.4 Å². The first kappa shape index (κ1) is 22.8. The van der Waals surface area contributed by atoms with Gasteiger partial charge in [-0.2, -0.15) is 0 Å². The quantitative estimate of drug-likeness (QED) is 0.429. The van der Waals surface area contributed by atoms with Gasteiger partial charge in [-0.3, -0.25) is 0 Å². The van der Waals surface area contributed by atoms with E-state index in [1.807, 2.05) is 59.5 Å². The monoisotopic (exact) mass is 476 g/mol. The molecule has 7 heteroatoms. The van der Waals surface area contributed by atoms with Crippen molar-refractivity contribution >= 4 is 34.6 Å². The highest BCUT2D eigenvalue weighted by atomic mass is 35.5. The highest BCUT2D eigenvalue weighted by Crippen LogP contribution is 2.42. The standard InChI is InChI=1S/C25H24Cl2F2N2O/c26-21-8-4-7-19(25(21)27)14-30-16-24(18-6-3-5-17(11-18)12-28)31(15-20(32)13-29)23-10-2-1-9-22(23)30/h1-11,20,24,32H,12-16H2/t20-,24-/m0/s1. The van der Waals surface area contributed by atoms with Gasteiger partial charge in [-0.15, -0.1) is 0 Å². The Balaban J connectivity index is 1.78. The molecule has 0 saturated carbocycles. The van der Waals surface area contributed by atoms with Crippen molar-refractivity contribution in [3.8, 4) is 0 Å². The Morgan fingerprint density at radius 1 is 0.969 bits per heavy atom. The van der Waals surface area contributed by atoms with Crippen LogP contribution in [0.4, 0.5) is 20.2 Å². The minimum atomic E-state index is -1.12. The number of alkyl halides is 2. The fourth-order valence-electron chi connectivity index (χ4n) is 4.24. The number of halogens is 4. The first-order valence-electron chi connectivity index (χ1n) is 10.4. The van der Waals surface area contributed by atoms with Crippen LogP contribution in [-0.2, 0) is 13.2 Å². The SMILES string of the molecule is O[C@@H](CF)CN1c2ccccc2N(Cc2cccc(Cl)c2Cl)C[C@H]1c1cccc(CF)c1. The number of anilines is 2. The zero-order valence-corrected chi connectivity index (χ0v) is 18.9. The third-order valence-electron chi connectivity index (χ3n) is 5.77. The number of para-hydroxylation sites is 2. The van der Waals surface area contributed by atoms with E-state index in [-0.39, 0.29) is 12.6 Å². The van der Waals surface area contributed by atoms with Crippen LogP contribution >= 0.6 is 23.2 Å². The Labute approximate surface area is 196 Å². The summed E-state index contributed by atoms with van der Waals surface area (Å²) < 4.78 is 26.6. The molecule has 0 spiro atoms. The topological polar surface area (TPSA) is 26.7 Å². The van der Waals surface area contributed by atoms with Gasteiger partial charge in [-0.05, 0) is 34.9 Å². The van der Waals surface area contributed by atoms with E-state index >= 15 is 0 Å². The molecule has 1 heterocycles. The summed E-state index contributed by atoms with van der Waals surface area (Å²) >= 11 is 12.7. The van der Waals surface area contributed by atoms with E-state index in [0.29, 0.717) is 28.7 Å². The minimum absolute atomic E-state index is 0.129. The van der Waals surface area contributed by atoms with E-state index in [0.717, 1.165) is 22.5 Å². The summed E-state index contributed by atoms with van der Waals surface area (Å²) in [4.78, 5) is 4.20. The van der Waals surface area contributed by atoms with Crippen molar-refractivity contribution in [2.24, 2.45) is 0 Å². The Morgan fingerprint density at radius 3 is 2.47 bits per heavy atom. The molecule has 3 aromatic carbocycles. The molecular formula is C25H24Cl2F2N2O. The Hall–Kier alpha value is -2.34.